The second-order valence-corrected chi connectivity index (χ2v) is 5.96. The maximum absolute atomic E-state index is 10.5. The van der Waals surface area contributed by atoms with Crippen molar-refractivity contribution < 1.29 is 9.53 Å². The third kappa shape index (κ3) is 5.21. The first-order valence-electron chi connectivity index (χ1n) is 7.50. The molecular formula is C20H22O2. The molecule has 0 saturated heterocycles. The van der Waals surface area contributed by atoms with Crippen LogP contribution in [-0.2, 0) is 22.4 Å². The lowest BCUT2D eigenvalue weighted by Crippen LogP contribution is -2.25. The Bertz CT molecular complexity index is 610. The highest BCUT2D eigenvalue weighted by atomic mass is 16.5. The summed E-state index contributed by atoms with van der Waals surface area (Å²) in [5.74, 6) is 0. The van der Waals surface area contributed by atoms with E-state index in [1.165, 1.54) is 5.56 Å². The van der Waals surface area contributed by atoms with Crippen LogP contribution in [0, 0.1) is 0 Å². The summed E-state index contributed by atoms with van der Waals surface area (Å²) in [6.07, 6.45) is 5.94. The van der Waals surface area contributed by atoms with Crippen molar-refractivity contribution in [2.45, 2.75) is 32.3 Å². The highest BCUT2D eigenvalue weighted by Gasteiger charge is 2.18. The fourth-order valence-electron chi connectivity index (χ4n) is 2.28. The molecule has 0 amide bonds. The van der Waals surface area contributed by atoms with E-state index < -0.39 is 0 Å². The fraction of sp³-hybridized carbons (Fsp3) is 0.250. The van der Waals surface area contributed by atoms with Gasteiger partial charge in [-0.25, -0.2) is 0 Å². The molecule has 2 aromatic rings. The summed E-state index contributed by atoms with van der Waals surface area (Å²) in [5.41, 5.74) is 3.09. The van der Waals surface area contributed by atoms with Crippen molar-refractivity contribution in [1.82, 2.24) is 0 Å². The monoisotopic (exact) mass is 294 g/mol. The summed E-state index contributed by atoms with van der Waals surface area (Å²) in [4.78, 5) is 10.5. The molecule has 0 unspecified atom stereocenters. The number of carbonyl (C=O) groups is 1. The average molecular weight is 294 g/mol. The summed E-state index contributed by atoms with van der Waals surface area (Å²) in [6.45, 7) is 4.14. The zero-order valence-electron chi connectivity index (χ0n) is 13.2. The second kappa shape index (κ2) is 7.60. The van der Waals surface area contributed by atoms with Crippen molar-refractivity contribution >= 4 is 12.4 Å². The molecule has 0 bridgehead atoms. The van der Waals surface area contributed by atoms with Gasteiger partial charge in [0.25, 0.3) is 0 Å². The van der Waals surface area contributed by atoms with Gasteiger partial charge in [0.05, 0.1) is 6.26 Å². The summed E-state index contributed by atoms with van der Waals surface area (Å²) in [6, 6.07) is 18.2. The lowest BCUT2D eigenvalue weighted by molar-refractivity contribution is -0.107. The third-order valence-corrected chi connectivity index (χ3v) is 3.42. The number of aldehydes is 1. The van der Waals surface area contributed by atoms with E-state index in [0.29, 0.717) is 6.42 Å². The molecule has 0 N–H and O–H groups in total. The Hall–Kier alpha value is -2.35. The predicted molar refractivity (Wildman–Crippen MR) is 90.6 cm³/mol. The number of hydrogen-bond donors (Lipinski definition) is 0. The van der Waals surface area contributed by atoms with E-state index in [-0.39, 0.29) is 5.60 Å². The zero-order chi connectivity index (χ0) is 15.8. The summed E-state index contributed by atoms with van der Waals surface area (Å²) >= 11 is 0. The van der Waals surface area contributed by atoms with Crippen molar-refractivity contribution in [3.05, 3.63) is 77.5 Å². The van der Waals surface area contributed by atoms with E-state index in [1.54, 1.807) is 6.26 Å². The van der Waals surface area contributed by atoms with Crippen LogP contribution in [0.2, 0.25) is 0 Å². The van der Waals surface area contributed by atoms with Gasteiger partial charge >= 0.3 is 0 Å². The van der Waals surface area contributed by atoms with Crippen molar-refractivity contribution in [3.63, 3.8) is 0 Å². The molecule has 0 saturated carbocycles. The molecule has 22 heavy (non-hydrogen) atoms. The van der Waals surface area contributed by atoms with Gasteiger partial charge in [-0.15, -0.1) is 0 Å². The van der Waals surface area contributed by atoms with E-state index in [2.05, 4.69) is 26.0 Å². The van der Waals surface area contributed by atoms with Gasteiger partial charge in [0, 0.05) is 12.8 Å². The van der Waals surface area contributed by atoms with E-state index in [9.17, 15) is 4.79 Å². The topological polar surface area (TPSA) is 26.3 Å². The lowest BCUT2D eigenvalue weighted by Gasteiger charge is -2.24. The van der Waals surface area contributed by atoms with Crippen LogP contribution in [0.3, 0.4) is 0 Å². The third-order valence-electron chi connectivity index (χ3n) is 3.42. The van der Waals surface area contributed by atoms with Crippen molar-refractivity contribution in [1.29, 1.82) is 0 Å². The van der Waals surface area contributed by atoms with Gasteiger partial charge in [0.1, 0.15) is 11.9 Å². The van der Waals surface area contributed by atoms with E-state index in [0.717, 1.165) is 23.8 Å². The maximum atomic E-state index is 10.5. The Kier molecular flexibility index (Phi) is 5.54. The molecule has 0 aliphatic rings. The fourth-order valence-corrected chi connectivity index (χ4v) is 2.28. The Morgan fingerprint density at radius 2 is 1.59 bits per heavy atom. The average Bonchev–Trinajstić information content (AvgIpc) is 2.50. The van der Waals surface area contributed by atoms with Gasteiger partial charge in [0.15, 0.2) is 0 Å². The molecule has 0 aromatic heterocycles. The summed E-state index contributed by atoms with van der Waals surface area (Å²) in [5, 5.41) is 0. The van der Waals surface area contributed by atoms with Crippen LogP contribution in [0.15, 0.2) is 60.9 Å². The smallest absolute Gasteiger partial charge is 0.124 e. The predicted octanol–water partition coefficient (Wildman–Crippen LogP) is 4.44. The molecule has 0 spiro atoms. The number of ether oxygens (including phenoxy) is 1. The number of rotatable bonds is 7. The van der Waals surface area contributed by atoms with Crippen LogP contribution in [0.25, 0.3) is 6.08 Å². The molecule has 0 heterocycles. The first kappa shape index (κ1) is 16.0. The van der Waals surface area contributed by atoms with Gasteiger partial charge in [0.2, 0.25) is 0 Å². The number of carbonyl (C=O) groups excluding carboxylic acids is 1. The Morgan fingerprint density at radius 3 is 2.23 bits per heavy atom. The zero-order valence-corrected chi connectivity index (χ0v) is 13.2. The molecule has 0 aliphatic carbocycles. The van der Waals surface area contributed by atoms with Gasteiger partial charge in [-0.05, 0) is 36.6 Å². The van der Waals surface area contributed by atoms with Crippen LogP contribution in [0.4, 0.5) is 0 Å². The van der Waals surface area contributed by atoms with Gasteiger partial charge in [-0.2, -0.15) is 0 Å². The molecule has 0 radical (unpaired) electrons. The summed E-state index contributed by atoms with van der Waals surface area (Å²) in [7, 11) is 0. The molecule has 2 heteroatoms. The SMILES string of the molecule is CC(C)(Cc1ccc(CC=O)cc1)OC=Cc1ccccc1. The normalized spacial score (nSPS) is 11.5. The van der Waals surface area contributed by atoms with E-state index in [4.69, 9.17) is 4.74 Å². The van der Waals surface area contributed by atoms with Crippen LogP contribution in [-0.4, -0.2) is 11.9 Å². The maximum Gasteiger partial charge on any atom is 0.124 e. The first-order valence-corrected chi connectivity index (χ1v) is 7.50. The Balaban J connectivity index is 1.92. The quantitative estimate of drug-likeness (QED) is 0.557. The van der Waals surface area contributed by atoms with Crippen molar-refractivity contribution in [2.24, 2.45) is 0 Å². The molecule has 0 aliphatic heterocycles. The van der Waals surface area contributed by atoms with Crippen molar-refractivity contribution in [2.75, 3.05) is 0 Å². The lowest BCUT2D eigenvalue weighted by atomic mass is 9.97. The van der Waals surface area contributed by atoms with Gasteiger partial charge in [-0.3, -0.25) is 0 Å². The van der Waals surface area contributed by atoms with Gasteiger partial charge < -0.3 is 9.53 Å². The van der Waals surface area contributed by atoms with Crippen LogP contribution in [0.5, 0.6) is 0 Å². The minimum atomic E-state index is -0.280. The minimum absolute atomic E-state index is 0.280. The number of hydrogen-bond acceptors (Lipinski definition) is 2. The Morgan fingerprint density at radius 1 is 0.955 bits per heavy atom. The first-order chi connectivity index (χ1) is 10.6. The second-order valence-electron chi connectivity index (χ2n) is 5.96. The molecule has 2 rings (SSSR count). The molecular weight excluding hydrogens is 272 g/mol. The molecule has 0 atom stereocenters. The molecule has 114 valence electrons. The molecule has 0 fully saturated rings. The van der Waals surface area contributed by atoms with Crippen LogP contribution < -0.4 is 0 Å². The number of benzene rings is 2. The van der Waals surface area contributed by atoms with Crippen LogP contribution in [0.1, 0.15) is 30.5 Å². The minimum Gasteiger partial charge on any atom is -0.495 e. The highest BCUT2D eigenvalue weighted by Crippen LogP contribution is 2.18. The standard InChI is InChI=1S/C20H22O2/c1-20(2,22-15-13-17-6-4-3-5-7-17)16-19-10-8-18(9-11-19)12-14-21/h3-11,13-15H,12,16H2,1-2H3. The van der Waals surface area contributed by atoms with Crippen molar-refractivity contribution in [3.8, 4) is 0 Å². The van der Waals surface area contributed by atoms with Crippen LogP contribution >= 0.6 is 0 Å². The summed E-state index contributed by atoms with van der Waals surface area (Å²) < 4.78 is 5.88. The molecule has 2 nitrogen and oxygen atoms in total. The Labute approximate surface area is 132 Å². The van der Waals surface area contributed by atoms with E-state index >= 15 is 0 Å². The van der Waals surface area contributed by atoms with E-state index in [1.807, 2.05) is 48.5 Å². The largest absolute Gasteiger partial charge is 0.495 e. The highest BCUT2D eigenvalue weighted by molar-refractivity contribution is 5.54. The van der Waals surface area contributed by atoms with Gasteiger partial charge in [-0.1, -0.05) is 54.6 Å². The molecule has 2 aromatic carbocycles.